The molecule has 3 rings (SSSR count). The summed E-state index contributed by atoms with van der Waals surface area (Å²) in [5.74, 6) is -0.793. The van der Waals surface area contributed by atoms with Crippen molar-refractivity contribution in [3.8, 4) is 0 Å². The Morgan fingerprint density at radius 2 is 1.92 bits per heavy atom. The average Bonchev–Trinajstić information content (AvgIpc) is 2.95. The van der Waals surface area contributed by atoms with Crippen LogP contribution in [0.4, 0.5) is 0 Å². The fourth-order valence-electron chi connectivity index (χ4n) is 2.92. The first-order valence-corrected chi connectivity index (χ1v) is 8.15. The van der Waals surface area contributed by atoms with Crippen LogP contribution in [0.5, 0.6) is 0 Å². The van der Waals surface area contributed by atoms with Gasteiger partial charge in [0.2, 0.25) is 0 Å². The summed E-state index contributed by atoms with van der Waals surface area (Å²) in [7, 11) is 0. The molecular formula is C16H21N5O4. The number of morpholine rings is 1. The Hall–Kier alpha value is -2.55. The molecule has 1 saturated heterocycles. The van der Waals surface area contributed by atoms with E-state index in [0.717, 1.165) is 11.4 Å². The molecule has 1 aliphatic heterocycles. The predicted octanol–water partition coefficient (Wildman–Crippen LogP) is 0.534. The van der Waals surface area contributed by atoms with Crippen LogP contribution in [-0.2, 0) is 14.3 Å². The van der Waals surface area contributed by atoms with Crippen molar-refractivity contribution in [2.45, 2.75) is 39.9 Å². The molecule has 9 heteroatoms. The molecule has 2 aromatic rings. The van der Waals surface area contributed by atoms with Crippen molar-refractivity contribution in [1.82, 2.24) is 24.5 Å². The molecule has 0 saturated carbocycles. The number of ether oxygens (including phenoxy) is 2. The van der Waals surface area contributed by atoms with E-state index in [0.29, 0.717) is 18.9 Å². The zero-order valence-corrected chi connectivity index (χ0v) is 14.7. The molecule has 3 heterocycles. The number of carbonyl (C=O) groups excluding carboxylic acids is 2. The van der Waals surface area contributed by atoms with Crippen LogP contribution in [0.1, 0.15) is 35.9 Å². The highest BCUT2D eigenvalue weighted by Crippen LogP contribution is 2.11. The molecule has 1 aliphatic rings. The number of aryl methyl sites for hydroxylation is 2. The SMILES string of the molecule is Cc1cc(C)n2nc(C(=O)OCC(=O)N3C[C@@H](C)O[C@H](C)C3)nc2n1. The van der Waals surface area contributed by atoms with Crippen molar-refractivity contribution in [2.24, 2.45) is 0 Å². The molecular weight excluding hydrogens is 326 g/mol. The lowest BCUT2D eigenvalue weighted by Gasteiger charge is -2.35. The minimum atomic E-state index is -0.745. The first-order valence-electron chi connectivity index (χ1n) is 8.15. The number of amides is 1. The standard InChI is InChI=1S/C16H21N5O4/c1-9-5-10(2)21-16(17-9)18-14(19-21)15(23)24-8-13(22)20-6-11(3)25-12(4)7-20/h5,11-12H,6-8H2,1-4H3/t11-,12-/m1/s1. The van der Waals surface area contributed by atoms with Gasteiger partial charge in [-0.15, -0.1) is 5.10 Å². The molecule has 0 bridgehead atoms. The first kappa shape index (κ1) is 17.3. The Bertz CT molecular complexity index is 808. The minimum absolute atomic E-state index is 0.0409. The number of carbonyl (C=O) groups is 2. The molecule has 2 atom stereocenters. The van der Waals surface area contributed by atoms with Gasteiger partial charge in [0.15, 0.2) is 6.61 Å². The third kappa shape index (κ3) is 3.76. The highest BCUT2D eigenvalue weighted by atomic mass is 16.5. The summed E-state index contributed by atoms with van der Waals surface area (Å²) in [6.45, 7) is 8.10. The number of nitrogens with zero attached hydrogens (tertiary/aromatic N) is 5. The number of esters is 1. The fraction of sp³-hybridized carbons (Fsp3) is 0.562. The van der Waals surface area contributed by atoms with Gasteiger partial charge in [0.1, 0.15) is 0 Å². The lowest BCUT2D eigenvalue weighted by Crippen LogP contribution is -2.49. The second-order valence-electron chi connectivity index (χ2n) is 6.32. The molecule has 0 aliphatic carbocycles. The van der Waals surface area contributed by atoms with Crippen molar-refractivity contribution in [1.29, 1.82) is 0 Å². The molecule has 0 radical (unpaired) electrons. The highest BCUT2D eigenvalue weighted by Gasteiger charge is 2.27. The van der Waals surface area contributed by atoms with Crippen LogP contribution in [-0.4, -0.2) is 68.3 Å². The molecule has 25 heavy (non-hydrogen) atoms. The fourth-order valence-corrected chi connectivity index (χ4v) is 2.92. The largest absolute Gasteiger partial charge is 0.450 e. The van der Waals surface area contributed by atoms with Crippen LogP contribution < -0.4 is 0 Å². The van der Waals surface area contributed by atoms with Gasteiger partial charge in [-0.1, -0.05) is 0 Å². The molecule has 0 aromatic carbocycles. The van der Waals surface area contributed by atoms with Gasteiger partial charge in [-0.2, -0.15) is 4.98 Å². The summed E-state index contributed by atoms with van der Waals surface area (Å²) >= 11 is 0. The van der Waals surface area contributed by atoms with Crippen molar-refractivity contribution in [3.63, 3.8) is 0 Å². The zero-order valence-electron chi connectivity index (χ0n) is 14.7. The summed E-state index contributed by atoms with van der Waals surface area (Å²) in [6.07, 6.45) is -0.0819. The normalized spacial score (nSPS) is 20.7. The maximum Gasteiger partial charge on any atom is 0.378 e. The van der Waals surface area contributed by atoms with Gasteiger partial charge < -0.3 is 14.4 Å². The Morgan fingerprint density at radius 1 is 1.24 bits per heavy atom. The summed E-state index contributed by atoms with van der Waals surface area (Å²) < 4.78 is 12.1. The molecule has 134 valence electrons. The molecule has 1 amide bonds. The molecule has 0 spiro atoms. The maximum atomic E-state index is 12.2. The van der Waals surface area contributed by atoms with Crippen molar-refractivity contribution < 1.29 is 19.1 Å². The Morgan fingerprint density at radius 3 is 2.60 bits per heavy atom. The van der Waals surface area contributed by atoms with Gasteiger partial charge in [0.05, 0.1) is 12.2 Å². The van der Waals surface area contributed by atoms with Gasteiger partial charge in [0.25, 0.3) is 17.5 Å². The molecule has 0 N–H and O–H groups in total. The Labute approximate surface area is 144 Å². The van der Waals surface area contributed by atoms with E-state index < -0.39 is 5.97 Å². The lowest BCUT2D eigenvalue weighted by atomic mass is 10.2. The van der Waals surface area contributed by atoms with Crippen LogP contribution in [0.2, 0.25) is 0 Å². The second-order valence-corrected chi connectivity index (χ2v) is 6.32. The predicted molar refractivity (Wildman–Crippen MR) is 87.1 cm³/mol. The molecule has 0 unspecified atom stereocenters. The quantitative estimate of drug-likeness (QED) is 0.747. The van der Waals surface area contributed by atoms with E-state index in [1.54, 1.807) is 4.90 Å². The van der Waals surface area contributed by atoms with Crippen LogP contribution >= 0.6 is 0 Å². The number of rotatable bonds is 3. The third-order valence-corrected chi connectivity index (χ3v) is 3.90. The van der Waals surface area contributed by atoms with Gasteiger partial charge >= 0.3 is 5.97 Å². The van der Waals surface area contributed by atoms with E-state index in [2.05, 4.69) is 15.1 Å². The first-order chi connectivity index (χ1) is 11.8. The second kappa shape index (κ2) is 6.75. The molecule has 9 nitrogen and oxygen atoms in total. The number of hydrogen-bond acceptors (Lipinski definition) is 7. The third-order valence-electron chi connectivity index (χ3n) is 3.90. The summed E-state index contributed by atoms with van der Waals surface area (Å²) in [5, 5.41) is 4.09. The average molecular weight is 347 g/mol. The van der Waals surface area contributed by atoms with Gasteiger partial charge in [-0.05, 0) is 33.8 Å². The van der Waals surface area contributed by atoms with Gasteiger partial charge in [0, 0.05) is 24.5 Å². The number of fused-ring (bicyclic) bond motifs is 1. The summed E-state index contributed by atoms with van der Waals surface area (Å²) in [4.78, 5) is 34.3. The van der Waals surface area contributed by atoms with Gasteiger partial charge in [-0.25, -0.2) is 14.3 Å². The Balaban J connectivity index is 1.64. The van der Waals surface area contributed by atoms with Crippen molar-refractivity contribution in [2.75, 3.05) is 19.7 Å². The lowest BCUT2D eigenvalue weighted by molar-refractivity contribution is -0.146. The van der Waals surface area contributed by atoms with Crippen LogP contribution in [0, 0.1) is 13.8 Å². The van der Waals surface area contributed by atoms with Crippen LogP contribution in [0.3, 0.4) is 0 Å². The van der Waals surface area contributed by atoms with Crippen molar-refractivity contribution in [3.05, 3.63) is 23.3 Å². The van der Waals surface area contributed by atoms with E-state index in [4.69, 9.17) is 9.47 Å². The molecule has 2 aromatic heterocycles. The summed E-state index contributed by atoms with van der Waals surface area (Å²) in [5.41, 5.74) is 1.59. The smallest absolute Gasteiger partial charge is 0.378 e. The highest BCUT2D eigenvalue weighted by molar-refractivity contribution is 5.88. The minimum Gasteiger partial charge on any atom is -0.450 e. The van der Waals surface area contributed by atoms with Crippen LogP contribution in [0.15, 0.2) is 6.07 Å². The topological polar surface area (TPSA) is 98.9 Å². The van der Waals surface area contributed by atoms with E-state index in [1.165, 1.54) is 4.52 Å². The van der Waals surface area contributed by atoms with E-state index in [1.807, 2.05) is 33.8 Å². The monoisotopic (exact) mass is 347 g/mol. The van der Waals surface area contributed by atoms with Gasteiger partial charge in [-0.3, -0.25) is 4.79 Å². The number of aromatic nitrogens is 4. The van der Waals surface area contributed by atoms with Crippen molar-refractivity contribution >= 4 is 17.7 Å². The summed E-state index contributed by atoms with van der Waals surface area (Å²) in [6, 6.07) is 1.83. The van der Waals surface area contributed by atoms with E-state index in [-0.39, 0.29) is 30.5 Å². The number of hydrogen-bond donors (Lipinski definition) is 0. The zero-order chi connectivity index (χ0) is 18.1. The van der Waals surface area contributed by atoms with E-state index in [9.17, 15) is 9.59 Å². The van der Waals surface area contributed by atoms with Crippen LogP contribution in [0.25, 0.3) is 5.78 Å². The molecule has 1 fully saturated rings. The van der Waals surface area contributed by atoms with E-state index >= 15 is 0 Å². The maximum absolute atomic E-state index is 12.2. The Kier molecular flexibility index (Phi) is 4.67.